The van der Waals surface area contributed by atoms with Crippen LogP contribution >= 0.6 is 11.6 Å². The van der Waals surface area contributed by atoms with E-state index in [-0.39, 0.29) is 30.7 Å². The van der Waals surface area contributed by atoms with Crippen molar-refractivity contribution in [1.82, 2.24) is 4.90 Å². The molecule has 6 nitrogen and oxygen atoms in total. The molecule has 1 aliphatic carbocycles. The average Bonchev–Trinajstić information content (AvgIpc) is 3.50. The second-order valence-electron chi connectivity index (χ2n) is 7.28. The maximum Gasteiger partial charge on any atom is 0.257 e. The Morgan fingerprint density at radius 2 is 1.76 bits per heavy atom. The van der Waals surface area contributed by atoms with Crippen molar-refractivity contribution in [3.8, 4) is 6.07 Å². The van der Waals surface area contributed by atoms with Crippen LogP contribution in [0, 0.1) is 11.3 Å². The quantitative estimate of drug-likeness (QED) is 0.713. The van der Waals surface area contributed by atoms with Gasteiger partial charge in [-0.2, -0.15) is 5.26 Å². The molecule has 0 bridgehead atoms. The van der Waals surface area contributed by atoms with Crippen LogP contribution in [0.1, 0.15) is 30.4 Å². The van der Waals surface area contributed by atoms with E-state index in [1.165, 1.54) is 0 Å². The van der Waals surface area contributed by atoms with Gasteiger partial charge >= 0.3 is 0 Å². The molecule has 2 aromatic rings. The molecule has 7 heteroatoms. The minimum absolute atomic E-state index is 0.00235. The predicted octanol–water partition coefficient (Wildman–Crippen LogP) is 3.08. The lowest BCUT2D eigenvalue weighted by atomic mass is 10.1. The van der Waals surface area contributed by atoms with Crippen molar-refractivity contribution in [2.24, 2.45) is 0 Å². The Kier molecular flexibility index (Phi) is 5.08. The number of carbonyl (C=O) groups is 3. The van der Waals surface area contributed by atoms with Crippen LogP contribution in [-0.2, 0) is 20.8 Å². The molecule has 0 N–H and O–H groups in total. The number of carbonyl (C=O) groups excluding carboxylic acids is 3. The Morgan fingerprint density at radius 3 is 2.34 bits per heavy atom. The molecule has 4 rings (SSSR count). The Bertz CT molecular complexity index is 1010. The third-order valence-electron chi connectivity index (χ3n) is 5.21. The molecule has 0 spiro atoms. The number of benzene rings is 2. The third-order valence-corrected chi connectivity index (χ3v) is 5.46. The lowest BCUT2D eigenvalue weighted by Crippen LogP contribution is -2.47. The number of imide groups is 1. The minimum Gasteiger partial charge on any atom is -0.327 e. The van der Waals surface area contributed by atoms with Crippen molar-refractivity contribution >= 4 is 35.0 Å². The van der Waals surface area contributed by atoms with Crippen molar-refractivity contribution in [2.45, 2.75) is 37.8 Å². The minimum atomic E-state index is -0.787. The second kappa shape index (κ2) is 7.69. The standard InChI is InChI=1S/C22H18ClN3O3/c23-16-5-1-14(2-6-16)11-20(27)25(17-9-10-17)19-12-21(28)26(22(19)29)18-7-3-15(13-24)4-8-18/h1-8,17,19H,9-12H2. The number of hydrogen-bond acceptors (Lipinski definition) is 4. The van der Waals surface area contributed by atoms with Gasteiger partial charge < -0.3 is 4.90 Å². The van der Waals surface area contributed by atoms with E-state index in [9.17, 15) is 14.4 Å². The summed E-state index contributed by atoms with van der Waals surface area (Å²) in [6, 6.07) is 14.5. The summed E-state index contributed by atoms with van der Waals surface area (Å²) >= 11 is 5.90. The number of anilines is 1. The molecular formula is C22H18ClN3O3. The Balaban J connectivity index is 1.55. The summed E-state index contributed by atoms with van der Waals surface area (Å²) in [4.78, 5) is 41.4. The Morgan fingerprint density at radius 1 is 1.10 bits per heavy atom. The number of nitriles is 1. The molecule has 1 aliphatic heterocycles. The van der Waals surface area contributed by atoms with Gasteiger partial charge in [0, 0.05) is 11.1 Å². The first kappa shape index (κ1) is 19.2. The highest BCUT2D eigenvalue weighted by atomic mass is 35.5. The van der Waals surface area contributed by atoms with Crippen LogP contribution in [0.15, 0.2) is 48.5 Å². The summed E-state index contributed by atoms with van der Waals surface area (Å²) in [6.45, 7) is 0. The van der Waals surface area contributed by atoms with Crippen molar-refractivity contribution in [3.63, 3.8) is 0 Å². The fraction of sp³-hybridized carbons (Fsp3) is 0.273. The van der Waals surface area contributed by atoms with Gasteiger partial charge in [-0.1, -0.05) is 23.7 Å². The molecule has 0 radical (unpaired) electrons. The molecule has 1 saturated carbocycles. The van der Waals surface area contributed by atoms with Gasteiger partial charge in [-0.15, -0.1) is 0 Å². The first-order chi connectivity index (χ1) is 14.0. The zero-order valence-electron chi connectivity index (χ0n) is 15.5. The highest BCUT2D eigenvalue weighted by molar-refractivity contribution is 6.30. The van der Waals surface area contributed by atoms with Crippen molar-refractivity contribution in [2.75, 3.05) is 4.90 Å². The van der Waals surface area contributed by atoms with E-state index >= 15 is 0 Å². The normalized spacial score (nSPS) is 18.6. The van der Waals surface area contributed by atoms with Crippen molar-refractivity contribution in [1.29, 1.82) is 5.26 Å². The number of rotatable bonds is 5. The van der Waals surface area contributed by atoms with Crippen LogP contribution < -0.4 is 4.90 Å². The van der Waals surface area contributed by atoms with Gasteiger partial charge in [0.15, 0.2) is 0 Å². The van der Waals surface area contributed by atoms with Gasteiger partial charge in [0.1, 0.15) is 6.04 Å². The highest BCUT2D eigenvalue weighted by Crippen LogP contribution is 2.34. The fourth-order valence-electron chi connectivity index (χ4n) is 3.64. The summed E-state index contributed by atoms with van der Waals surface area (Å²) in [5, 5.41) is 9.52. The monoisotopic (exact) mass is 407 g/mol. The van der Waals surface area contributed by atoms with Crippen LogP contribution in [0.5, 0.6) is 0 Å². The first-order valence-electron chi connectivity index (χ1n) is 9.40. The van der Waals surface area contributed by atoms with E-state index in [0.717, 1.165) is 23.3 Å². The van der Waals surface area contributed by atoms with E-state index in [2.05, 4.69) is 0 Å². The van der Waals surface area contributed by atoms with Crippen LogP contribution in [0.3, 0.4) is 0 Å². The number of hydrogen-bond donors (Lipinski definition) is 0. The zero-order valence-corrected chi connectivity index (χ0v) is 16.3. The van der Waals surface area contributed by atoms with Crippen LogP contribution in [-0.4, -0.2) is 34.7 Å². The highest BCUT2D eigenvalue weighted by Gasteiger charge is 2.48. The lowest BCUT2D eigenvalue weighted by molar-refractivity contribution is -0.138. The largest absolute Gasteiger partial charge is 0.327 e. The molecule has 0 aromatic heterocycles. The van der Waals surface area contributed by atoms with Crippen LogP contribution in [0.4, 0.5) is 5.69 Å². The topological polar surface area (TPSA) is 81.5 Å². The maximum absolute atomic E-state index is 13.1. The van der Waals surface area contributed by atoms with Crippen LogP contribution in [0.25, 0.3) is 0 Å². The van der Waals surface area contributed by atoms with Gasteiger partial charge in [-0.25, -0.2) is 4.90 Å². The van der Waals surface area contributed by atoms with Crippen molar-refractivity contribution < 1.29 is 14.4 Å². The van der Waals surface area contributed by atoms with Crippen molar-refractivity contribution in [3.05, 3.63) is 64.7 Å². The smallest absolute Gasteiger partial charge is 0.257 e. The molecule has 1 atom stereocenters. The SMILES string of the molecule is N#Cc1ccc(N2C(=O)CC(N(C(=O)Cc3ccc(Cl)cc3)C3CC3)C2=O)cc1. The lowest BCUT2D eigenvalue weighted by Gasteiger charge is -2.27. The van der Waals surface area contributed by atoms with Gasteiger partial charge in [-0.05, 0) is 54.8 Å². The summed E-state index contributed by atoms with van der Waals surface area (Å²) in [5.41, 5.74) is 1.68. The van der Waals surface area contributed by atoms with E-state index in [1.54, 1.807) is 53.4 Å². The Hall–Kier alpha value is -3.17. The van der Waals surface area contributed by atoms with Gasteiger partial charge in [0.05, 0.1) is 30.2 Å². The number of amides is 3. The average molecular weight is 408 g/mol. The van der Waals surface area contributed by atoms with Gasteiger partial charge in [0.25, 0.3) is 5.91 Å². The van der Waals surface area contributed by atoms with E-state index in [1.807, 2.05) is 6.07 Å². The van der Waals surface area contributed by atoms with Gasteiger partial charge in [0.2, 0.25) is 11.8 Å². The number of nitrogens with zero attached hydrogens (tertiary/aromatic N) is 3. The second-order valence-corrected chi connectivity index (χ2v) is 7.72. The summed E-state index contributed by atoms with van der Waals surface area (Å²) in [6.07, 6.45) is 1.80. The summed E-state index contributed by atoms with van der Waals surface area (Å²) < 4.78 is 0. The predicted molar refractivity (Wildman–Crippen MR) is 107 cm³/mol. The van der Waals surface area contributed by atoms with Gasteiger partial charge in [-0.3, -0.25) is 14.4 Å². The molecule has 1 unspecified atom stereocenters. The zero-order chi connectivity index (χ0) is 20.5. The molecule has 2 aromatic carbocycles. The molecule has 1 heterocycles. The third kappa shape index (κ3) is 3.87. The Labute approximate surface area is 173 Å². The molecule has 146 valence electrons. The van der Waals surface area contributed by atoms with E-state index < -0.39 is 11.9 Å². The molecule has 1 saturated heterocycles. The molecule has 2 fully saturated rings. The van der Waals surface area contributed by atoms with E-state index in [0.29, 0.717) is 16.3 Å². The first-order valence-corrected chi connectivity index (χ1v) is 9.78. The molecule has 2 aliphatic rings. The molecule has 29 heavy (non-hydrogen) atoms. The fourth-order valence-corrected chi connectivity index (χ4v) is 3.77. The molecular weight excluding hydrogens is 390 g/mol. The summed E-state index contributed by atoms with van der Waals surface area (Å²) in [5.74, 6) is -0.895. The molecule has 3 amide bonds. The number of halogens is 1. The van der Waals surface area contributed by atoms with E-state index in [4.69, 9.17) is 16.9 Å². The maximum atomic E-state index is 13.1. The van der Waals surface area contributed by atoms with Crippen LogP contribution in [0.2, 0.25) is 5.02 Å². The summed E-state index contributed by atoms with van der Waals surface area (Å²) in [7, 11) is 0.